The quantitative estimate of drug-likeness (QED) is 0.149. The van der Waals surface area contributed by atoms with Crippen molar-refractivity contribution < 1.29 is 0 Å². The van der Waals surface area contributed by atoms with Gasteiger partial charge in [0, 0.05) is 136 Å². The van der Waals surface area contributed by atoms with E-state index in [1.54, 1.807) is 0 Å². The van der Waals surface area contributed by atoms with Crippen LogP contribution in [0.4, 0.5) is 0 Å². The number of hydrogen-bond donors (Lipinski definition) is 0. The smallest absolute Gasteiger partial charge is 0.0626 e. The summed E-state index contributed by atoms with van der Waals surface area (Å²) in [6, 6.07) is 183. The topological polar surface area (TPSA) is 29.6 Å². The first-order valence-corrected chi connectivity index (χ1v) is 50.4. The highest BCUT2D eigenvalue weighted by Crippen LogP contribution is 2.54. The summed E-state index contributed by atoms with van der Waals surface area (Å²) in [6.45, 7) is 4.72. The van der Waals surface area contributed by atoms with Crippen LogP contribution >= 0.6 is 0 Å². The Morgan fingerprint density at radius 3 is 0.779 bits per heavy atom. The second-order valence-electron chi connectivity index (χ2n) is 39.9. The second kappa shape index (κ2) is 31.1. The van der Waals surface area contributed by atoms with Gasteiger partial charge in [-0.3, -0.25) is 0 Å². The molecule has 0 aliphatic heterocycles. The van der Waals surface area contributed by atoms with Crippen LogP contribution in [0.25, 0.3) is 284 Å². The standard InChI is InChI=1S/C51H34N2.C46H28N2.C42H26N2/c1-51(2)43-20-10-7-16-36(43)37-27-24-33(30-44(37)51)52-45-21-11-8-17-38(45)42-29-32(25-28-47(42)52)53-46-22-12-9-19-41(46)49-48-34-14-4-3-13-31(34)23-26-39(48)35-15-5-6-18-40(35)50(49)53;1-3-13-33-30(12-1)22-28-42-43(33)38-17-7-9-19-40(38)47(42)31-23-25-32(26-24-31)48-41-20-10-8-18-39(41)45-44-34-14-4-2-11-29(34)21-27-36(44)35-15-5-6-16-37(35)46(45)48;1-2-12-30-27(11-1)21-26-34-31-13-3-4-16-35(31)42-41(40(30)34)36-17-7-10-20-39(36)44(42)29-24-22-28(23-25-29)43-37-18-8-5-14-32(37)33-15-6-9-19-38(33)43/h3-30H,1-2H3;1-28H;1-26H. The number of aromatic nitrogens is 6. The maximum atomic E-state index is 2.52. The Kier molecular flexibility index (Phi) is 17.4. The molecule has 0 unspecified atom stereocenters. The molecule has 0 amide bonds. The largest absolute Gasteiger partial charge is 0.309 e. The van der Waals surface area contributed by atoms with Gasteiger partial charge in [-0.2, -0.15) is 0 Å². The molecule has 6 nitrogen and oxygen atoms in total. The van der Waals surface area contributed by atoms with E-state index in [9.17, 15) is 0 Å². The Bertz CT molecular complexity index is 11200. The maximum absolute atomic E-state index is 2.52. The number of hydrogen-bond acceptors (Lipinski definition) is 0. The monoisotopic (exact) mass is 1840 g/mol. The lowest BCUT2D eigenvalue weighted by molar-refractivity contribution is 0.660. The van der Waals surface area contributed by atoms with Gasteiger partial charge in [-0.25, -0.2) is 0 Å². The Hall–Kier alpha value is -18.9. The molecule has 145 heavy (non-hydrogen) atoms. The van der Waals surface area contributed by atoms with Crippen LogP contribution in [0.1, 0.15) is 25.0 Å². The first kappa shape index (κ1) is 81.0. The fourth-order valence-electron chi connectivity index (χ4n) is 26.0. The van der Waals surface area contributed by atoms with E-state index in [-0.39, 0.29) is 5.41 Å². The summed E-state index contributed by atoms with van der Waals surface area (Å²) >= 11 is 0. The average Bonchev–Trinajstić information content (AvgIpc) is 1.53. The van der Waals surface area contributed by atoms with Crippen LogP contribution < -0.4 is 0 Å². The van der Waals surface area contributed by atoms with Gasteiger partial charge in [-0.1, -0.05) is 384 Å². The zero-order chi connectivity index (χ0) is 95.1. The van der Waals surface area contributed by atoms with Crippen molar-refractivity contribution in [1.82, 2.24) is 27.4 Å². The van der Waals surface area contributed by atoms with Gasteiger partial charge >= 0.3 is 0 Å². The van der Waals surface area contributed by atoms with E-state index in [4.69, 9.17) is 0 Å². The Balaban J connectivity index is 0.0000000994. The zero-order valence-electron chi connectivity index (χ0n) is 79.5. The number of nitrogens with zero attached hydrogens (tertiary/aromatic N) is 6. The molecule has 674 valence electrons. The molecule has 1 aliphatic rings. The number of benzene rings is 26. The van der Waals surface area contributed by atoms with Gasteiger partial charge in [0.2, 0.25) is 0 Å². The van der Waals surface area contributed by atoms with E-state index in [0.717, 1.165) is 22.7 Å². The second-order valence-corrected chi connectivity index (χ2v) is 39.9. The lowest BCUT2D eigenvalue weighted by atomic mass is 9.82. The molecule has 6 heterocycles. The van der Waals surface area contributed by atoms with Crippen molar-refractivity contribution in [3.63, 3.8) is 0 Å². The zero-order valence-corrected chi connectivity index (χ0v) is 79.5. The molecule has 32 aromatic rings. The minimum absolute atomic E-state index is 0.0668. The molecule has 33 rings (SSSR count). The van der Waals surface area contributed by atoms with Gasteiger partial charge in [0.05, 0.1) is 66.2 Å². The van der Waals surface area contributed by atoms with Crippen LogP contribution in [0.3, 0.4) is 0 Å². The third-order valence-electron chi connectivity index (χ3n) is 32.2. The van der Waals surface area contributed by atoms with Crippen molar-refractivity contribution in [3.05, 3.63) is 509 Å². The Morgan fingerprint density at radius 1 is 0.131 bits per heavy atom. The molecule has 0 atom stereocenters. The van der Waals surface area contributed by atoms with Crippen molar-refractivity contribution in [2.24, 2.45) is 0 Å². The SMILES string of the molecule is CC1(C)c2ccccc2-c2ccc(-n3c4ccccc4c4cc(-n5c6ccccc6c6c7c8ccccc8ccc7c7ccccc7c65)ccc43)cc21.c1ccc2c(c1)ccc1c3ccccc3c3c(c4ccccc4n3-c3ccc(-n4c5ccccc5c5c6ccccc6ccc54)cc3)c21.c1ccc2c(c1)ccc1c3ccccc3c3c(c4ccccc4n3-c3ccc(-n4c5ccccc5c5ccccc54)cc3)c21. The Labute approximate surface area is 833 Å². The highest BCUT2D eigenvalue weighted by Gasteiger charge is 2.36. The van der Waals surface area contributed by atoms with Crippen LogP contribution in [0.2, 0.25) is 0 Å². The lowest BCUT2D eigenvalue weighted by Gasteiger charge is -2.22. The molecule has 0 saturated heterocycles. The van der Waals surface area contributed by atoms with Crippen molar-refractivity contribution in [2.75, 3.05) is 0 Å². The van der Waals surface area contributed by atoms with Gasteiger partial charge in [-0.15, -0.1) is 0 Å². The van der Waals surface area contributed by atoms with E-state index >= 15 is 0 Å². The van der Waals surface area contributed by atoms with Gasteiger partial charge in [0.15, 0.2) is 0 Å². The van der Waals surface area contributed by atoms with Crippen LogP contribution in [-0.2, 0) is 5.41 Å². The summed E-state index contributed by atoms with van der Waals surface area (Å²) in [5.74, 6) is 0. The lowest BCUT2D eigenvalue weighted by Crippen LogP contribution is -2.15. The van der Waals surface area contributed by atoms with Gasteiger partial charge in [-0.05, 0) is 225 Å². The molecule has 0 saturated carbocycles. The normalized spacial score (nSPS) is 12.7. The number of rotatable bonds is 6. The molecule has 0 fully saturated rings. The van der Waals surface area contributed by atoms with E-state index in [1.165, 1.54) is 272 Å². The molecule has 6 aromatic heterocycles. The number of fused-ring (bicyclic) bond motifs is 44. The first-order chi connectivity index (χ1) is 71.8. The molecule has 0 N–H and O–H groups in total. The van der Waals surface area contributed by atoms with Crippen molar-refractivity contribution in [3.8, 4) is 45.3 Å². The summed E-state index contributed by atoms with van der Waals surface area (Å²) in [6.07, 6.45) is 0. The number of para-hydroxylation sites is 7. The molecule has 0 radical (unpaired) electrons. The van der Waals surface area contributed by atoms with Crippen molar-refractivity contribution in [2.45, 2.75) is 19.3 Å². The summed E-state index contributed by atoms with van der Waals surface area (Å²) < 4.78 is 14.8. The summed E-state index contributed by atoms with van der Waals surface area (Å²) in [5.41, 5.74) is 27.2. The highest BCUT2D eigenvalue weighted by atomic mass is 15.0. The van der Waals surface area contributed by atoms with E-state index < -0.39 is 0 Å². The van der Waals surface area contributed by atoms with Crippen LogP contribution in [0, 0.1) is 0 Å². The van der Waals surface area contributed by atoms with Crippen LogP contribution in [-0.4, -0.2) is 27.4 Å². The molecule has 0 bridgehead atoms. The van der Waals surface area contributed by atoms with Gasteiger partial charge < -0.3 is 27.4 Å². The molecular weight excluding hydrogens is 1750 g/mol. The minimum Gasteiger partial charge on any atom is -0.309 e. The molecule has 1 aliphatic carbocycles. The third-order valence-corrected chi connectivity index (χ3v) is 32.2. The molecule has 26 aromatic carbocycles. The molecule has 6 heteroatoms. The molecule has 0 spiro atoms. The Morgan fingerprint density at radius 2 is 0.372 bits per heavy atom. The molecular formula is C139H88N6. The van der Waals surface area contributed by atoms with E-state index in [2.05, 4.69) is 539 Å². The summed E-state index contributed by atoms with van der Waals surface area (Å²) in [7, 11) is 0. The fourth-order valence-corrected chi connectivity index (χ4v) is 26.0. The first-order valence-electron chi connectivity index (χ1n) is 50.4. The van der Waals surface area contributed by atoms with E-state index in [1.807, 2.05) is 0 Å². The van der Waals surface area contributed by atoms with Crippen LogP contribution in [0.15, 0.2) is 497 Å². The van der Waals surface area contributed by atoms with Gasteiger partial charge in [0.25, 0.3) is 0 Å². The highest BCUT2D eigenvalue weighted by molar-refractivity contribution is 6.40. The maximum Gasteiger partial charge on any atom is 0.0626 e. The van der Waals surface area contributed by atoms with Crippen molar-refractivity contribution >= 4 is 239 Å². The predicted octanol–water partition coefficient (Wildman–Crippen LogP) is 37.5. The predicted molar refractivity (Wildman–Crippen MR) is 618 cm³/mol. The minimum atomic E-state index is -0.0668. The van der Waals surface area contributed by atoms with Crippen LogP contribution in [0.5, 0.6) is 0 Å². The average molecular weight is 1840 g/mol. The fraction of sp³-hybridized carbons (Fsp3) is 0.0216. The third kappa shape index (κ3) is 11.6. The summed E-state index contributed by atoms with van der Waals surface area (Å²) in [5, 5.41) is 41.2. The van der Waals surface area contributed by atoms with Gasteiger partial charge in [0.1, 0.15) is 0 Å². The van der Waals surface area contributed by atoms with Crippen molar-refractivity contribution in [1.29, 1.82) is 0 Å². The van der Waals surface area contributed by atoms with E-state index in [0.29, 0.717) is 0 Å². The summed E-state index contributed by atoms with van der Waals surface area (Å²) in [4.78, 5) is 0.